The van der Waals surface area contributed by atoms with Crippen LogP contribution in [0.3, 0.4) is 0 Å². The molecule has 2 saturated heterocycles. The summed E-state index contributed by atoms with van der Waals surface area (Å²) in [7, 11) is -3.48. The Labute approximate surface area is 195 Å². The zero-order chi connectivity index (χ0) is 23.3. The van der Waals surface area contributed by atoms with Gasteiger partial charge in [0.1, 0.15) is 5.82 Å². The smallest absolute Gasteiger partial charge is 0.243 e. The van der Waals surface area contributed by atoms with E-state index in [1.165, 1.54) is 10.4 Å². The van der Waals surface area contributed by atoms with Crippen LogP contribution in [-0.4, -0.2) is 51.5 Å². The number of carbonyl (C=O) groups excluding carboxylic acids is 1. The Morgan fingerprint density at radius 2 is 1.73 bits per heavy atom. The van der Waals surface area contributed by atoms with Gasteiger partial charge in [-0.1, -0.05) is 30.7 Å². The third-order valence-corrected chi connectivity index (χ3v) is 8.66. The molecule has 2 aliphatic heterocycles. The van der Waals surface area contributed by atoms with Gasteiger partial charge in [-0.25, -0.2) is 12.8 Å². The molecule has 2 aliphatic rings. The van der Waals surface area contributed by atoms with E-state index in [9.17, 15) is 17.6 Å². The molecule has 178 valence electrons. The number of sulfonamides is 1. The van der Waals surface area contributed by atoms with Crippen LogP contribution in [0, 0.1) is 5.82 Å². The first-order chi connectivity index (χ1) is 15.9. The molecule has 0 bridgehead atoms. The summed E-state index contributed by atoms with van der Waals surface area (Å²) in [6.07, 6.45) is 4.41. The van der Waals surface area contributed by atoms with E-state index in [2.05, 4.69) is 5.32 Å². The average molecular weight is 475 g/mol. The van der Waals surface area contributed by atoms with E-state index in [1.54, 1.807) is 36.4 Å². The fraction of sp³-hybridized carbons (Fsp3) is 0.480. The molecule has 1 amide bonds. The number of benzene rings is 2. The molecule has 8 heteroatoms. The topological polar surface area (TPSA) is 75.7 Å². The number of ether oxygens (including phenoxy) is 1. The maximum absolute atomic E-state index is 13.8. The van der Waals surface area contributed by atoms with Gasteiger partial charge < -0.3 is 10.1 Å². The highest BCUT2D eigenvalue weighted by atomic mass is 32.2. The van der Waals surface area contributed by atoms with Crippen molar-refractivity contribution in [2.75, 3.05) is 32.8 Å². The summed E-state index contributed by atoms with van der Waals surface area (Å²) in [5.41, 5.74) is 1.26. The van der Waals surface area contributed by atoms with Gasteiger partial charge >= 0.3 is 0 Å². The van der Waals surface area contributed by atoms with Crippen LogP contribution >= 0.6 is 0 Å². The second-order valence-corrected chi connectivity index (χ2v) is 10.9. The minimum absolute atomic E-state index is 0.149. The Hall–Kier alpha value is -2.29. The molecule has 0 atom stereocenters. The van der Waals surface area contributed by atoms with Crippen molar-refractivity contribution < 1.29 is 22.3 Å². The SMILES string of the molecule is O=C(Cc1ccc(S(=O)(=O)N2CCCCC2)cc1)NCC1(c2cccc(F)c2)CCOCC1. The maximum atomic E-state index is 13.8. The van der Waals surface area contributed by atoms with Crippen molar-refractivity contribution in [2.24, 2.45) is 0 Å². The Kier molecular flexibility index (Phi) is 7.46. The van der Waals surface area contributed by atoms with Crippen molar-refractivity contribution in [1.29, 1.82) is 0 Å². The van der Waals surface area contributed by atoms with Crippen molar-refractivity contribution in [3.05, 3.63) is 65.5 Å². The van der Waals surface area contributed by atoms with Gasteiger partial charge in [0.05, 0.1) is 11.3 Å². The number of hydrogen-bond donors (Lipinski definition) is 1. The number of hydrogen-bond acceptors (Lipinski definition) is 4. The molecular weight excluding hydrogens is 443 g/mol. The number of rotatable bonds is 7. The van der Waals surface area contributed by atoms with Crippen LogP contribution in [0.5, 0.6) is 0 Å². The summed E-state index contributed by atoms with van der Waals surface area (Å²) in [4.78, 5) is 12.9. The normalized spacial score (nSPS) is 19.2. The fourth-order valence-corrected chi connectivity index (χ4v) is 6.21. The molecule has 2 fully saturated rings. The predicted molar refractivity (Wildman–Crippen MR) is 124 cm³/mol. The molecule has 2 aromatic carbocycles. The summed E-state index contributed by atoms with van der Waals surface area (Å²) in [5.74, 6) is -0.437. The van der Waals surface area contributed by atoms with Crippen LogP contribution in [0.15, 0.2) is 53.4 Å². The molecule has 0 aliphatic carbocycles. The number of amides is 1. The van der Waals surface area contributed by atoms with Crippen LogP contribution in [0.2, 0.25) is 0 Å². The van der Waals surface area contributed by atoms with Gasteiger partial charge in [-0.15, -0.1) is 0 Å². The Morgan fingerprint density at radius 3 is 2.39 bits per heavy atom. The summed E-state index contributed by atoms with van der Waals surface area (Å²) < 4.78 is 46.5. The molecular formula is C25H31FN2O4S. The quantitative estimate of drug-likeness (QED) is 0.667. The molecule has 2 aromatic rings. The van der Waals surface area contributed by atoms with Crippen LogP contribution in [0.1, 0.15) is 43.2 Å². The van der Waals surface area contributed by atoms with Gasteiger partial charge in [0.15, 0.2) is 0 Å². The summed E-state index contributed by atoms with van der Waals surface area (Å²) in [6, 6.07) is 13.1. The Bertz CT molecular complexity index is 1060. The first-order valence-corrected chi connectivity index (χ1v) is 13.0. The minimum atomic E-state index is -3.48. The van der Waals surface area contributed by atoms with Gasteiger partial charge in [0, 0.05) is 38.3 Å². The van der Waals surface area contributed by atoms with Crippen molar-refractivity contribution in [2.45, 2.75) is 48.8 Å². The Balaban J connectivity index is 1.39. The van der Waals surface area contributed by atoms with Crippen molar-refractivity contribution in [3.8, 4) is 0 Å². The number of piperidine rings is 1. The molecule has 0 spiro atoms. The van der Waals surface area contributed by atoms with Crippen LogP contribution in [-0.2, 0) is 31.4 Å². The van der Waals surface area contributed by atoms with E-state index < -0.39 is 10.0 Å². The lowest BCUT2D eigenvalue weighted by atomic mass is 9.74. The zero-order valence-corrected chi connectivity index (χ0v) is 19.6. The van der Waals surface area contributed by atoms with Gasteiger partial charge in [-0.05, 0) is 61.1 Å². The maximum Gasteiger partial charge on any atom is 0.243 e. The van der Waals surface area contributed by atoms with E-state index in [-0.39, 0.29) is 28.5 Å². The van der Waals surface area contributed by atoms with Crippen LogP contribution in [0.25, 0.3) is 0 Å². The van der Waals surface area contributed by atoms with Crippen molar-refractivity contribution in [1.82, 2.24) is 9.62 Å². The van der Waals surface area contributed by atoms with Crippen molar-refractivity contribution >= 4 is 15.9 Å². The highest BCUT2D eigenvalue weighted by molar-refractivity contribution is 7.89. The van der Waals surface area contributed by atoms with Gasteiger partial charge in [0.2, 0.25) is 15.9 Å². The minimum Gasteiger partial charge on any atom is -0.381 e. The molecule has 6 nitrogen and oxygen atoms in total. The summed E-state index contributed by atoms with van der Waals surface area (Å²) in [6.45, 7) is 2.66. The molecule has 1 N–H and O–H groups in total. The predicted octanol–water partition coefficient (Wildman–Crippen LogP) is 3.41. The fourth-order valence-electron chi connectivity index (χ4n) is 4.70. The highest BCUT2D eigenvalue weighted by Gasteiger charge is 2.35. The third kappa shape index (κ3) is 5.62. The highest BCUT2D eigenvalue weighted by Crippen LogP contribution is 2.34. The first-order valence-electron chi connectivity index (χ1n) is 11.6. The number of nitrogens with one attached hydrogen (secondary N) is 1. The molecule has 2 heterocycles. The first kappa shape index (κ1) is 23.9. The lowest BCUT2D eigenvalue weighted by Gasteiger charge is -2.38. The standard InChI is InChI=1S/C25H31FN2O4S/c26-22-6-4-5-21(18-22)25(11-15-32-16-12-25)19-27-24(29)17-20-7-9-23(10-8-20)33(30,31)28-13-2-1-3-14-28/h4-10,18H,1-3,11-17,19H2,(H,27,29). The third-order valence-electron chi connectivity index (χ3n) is 6.75. The zero-order valence-electron chi connectivity index (χ0n) is 18.8. The summed E-state index contributed by atoms with van der Waals surface area (Å²) >= 11 is 0. The number of carbonyl (C=O) groups is 1. The van der Waals surface area contributed by atoms with Crippen LogP contribution < -0.4 is 5.32 Å². The van der Waals surface area contributed by atoms with Gasteiger partial charge in [0.25, 0.3) is 0 Å². The lowest BCUT2D eigenvalue weighted by Crippen LogP contribution is -2.45. The second kappa shape index (κ2) is 10.3. The molecule has 0 radical (unpaired) electrons. The Morgan fingerprint density at radius 1 is 1.03 bits per heavy atom. The average Bonchev–Trinajstić information content (AvgIpc) is 2.84. The van der Waals surface area contributed by atoms with Gasteiger partial charge in [-0.3, -0.25) is 4.79 Å². The largest absolute Gasteiger partial charge is 0.381 e. The molecule has 0 aromatic heterocycles. The van der Waals surface area contributed by atoms with E-state index >= 15 is 0 Å². The van der Waals surface area contributed by atoms with Crippen molar-refractivity contribution in [3.63, 3.8) is 0 Å². The summed E-state index contributed by atoms with van der Waals surface area (Å²) in [5, 5.41) is 3.01. The number of halogens is 1. The lowest BCUT2D eigenvalue weighted by molar-refractivity contribution is -0.120. The second-order valence-electron chi connectivity index (χ2n) is 8.97. The molecule has 4 rings (SSSR count). The molecule has 33 heavy (non-hydrogen) atoms. The molecule has 0 unspecified atom stereocenters. The van der Waals surface area contributed by atoms with Gasteiger partial charge in [-0.2, -0.15) is 4.31 Å². The monoisotopic (exact) mass is 474 g/mol. The van der Waals surface area contributed by atoms with E-state index in [0.717, 1.165) is 30.4 Å². The van der Waals surface area contributed by atoms with Crippen LogP contribution in [0.4, 0.5) is 4.39 Å². The van der Waals surface area contributed by atoms with E-state index in [1.807, 2.05) is 6.07 Å². The van der Waals surface area contributed by atoms with E-state index in [4.69, 9.17) is 4.74 Å². The van der Waals surface area contributed by atoms with E-state index in [0.29, 0.717) is 45.7 Å². The molecule has 0 saturated carbocycles. The number of nitrogens with zero attached hydrogens (tertiary/aromatic N) is 1.